The van der Waals surface area contributed by atoms with Gasteiger partial charge in [-0.15, -0.1) is 0 Å². The van der Waals surface area contributed by atoms with Gasteiger partial charge in [0.25, 0.3) is 18.8 Å². The highest BCUT2D eigenvalue weighted by Gasteiger charge is 2.22. The number of rotatable bonds is 4. The van der Waals surface area contributed by atoms with E-state index in [1.807, 2.05) is 6.07 Å². The summed E-state index contributed by atoms with van der Waals surface area (Å²) in [4.78, 5) is 15.8. The first kappa shape index (κ1) is 17.3. The van der Waals surface area contributed by atoms with E-state index in [2.05, 4.69) is 15.4 Å². The van der Waals surface area contributed by atoms with Crippen LogP contribution in [0.25, 0.3) is 5.65 Å². The number of nitrogens with zero attached hydrogens (tertiary/aromatic N) is 4. The Balaban J connectivity index is 2.02. The number of amides is 1. The van der Waals surface area contributed by atoms with Gasteiger partial charge in [0.15, 0.2) is 11.3 Å². The van der Waals surface area contributed by atoms with Crippen LogP contribution in [0, 0.1) is 11.3 Å². The van der Waals surface area contributed by atoms with Gasteiger partial charge in [-0.25, -0.2) is 27.1 Å². The molecule has 6 nitrogen and oxygen atoms in total. The van der Waals surface area contributed by atoms with E-state index in [0.717, 1.165) is 6.07 Å². The predicted octanol–water partition coefficient (Wildman–Crippen LogP) is 3.73. The highest BCUT2D eigenvalue weighted by atomic mass is 19.3. The third-order valence-corrected chi connectivity index (χ3v) is 3.45. The predicted molar refractivity (Wildman–Crippen MR) is 82.0 cm³/mol. The van der Waals surface area contributed by atoms with Crippen molar-refractivity contribution >= 4 is 17.2 Å². The number of carbonyl (C=O) groups excluding carboxylic acids is 1. The summed E-state index contributed by atoms with van der Waals surface area (Å²) in [5.74, 6) is -0.794. The van der Waals surface area contributed by atoms with Gasteiger partial charge in [-0.3, -0.25) is 4.79 Å². The Hall–Kier alpha value is -3.48. The molecule has 10 heteroatoms. The molecule has 0 aliphatic carbocycles. The van der Waals surface area contributed by atoms with Crippen molar-refractivity contribution in [3.8, 4) is 6.07 Å². The number of hydrogen-bond acceptors (Lipinski definition) is 4. The van der Waals surface area contributed by atoms with E-state index in [-0.39, 0.29) is 22.6 Å². The number of anilines is 1. The molecular formula is C16H9F4N5O. The number of halogens is 4. The van der Waals surface area contributed by atoms with E-state index < -0.39 is 30.1 Å². The molecule has 1 amide bonds. The maximum atomic E-state index is 13.1. The van der Waals surface area contributed by atoms with Crippen LogP contribution in [0.5, 0.6) is 0 Å². The van der Waals surface area contributed by atoms with Crippen molar-refractivity contribution < 1.29 is 22.4 Å². The second kappa shape index (κ2) is 6.79. The summed E-state index contributed by atoms with van der Waals surface area (Å²) in [5, 5.41) is 15.2. The molecule has 1 N–H and O–H groups in total. The van der Waals surface area contributed by atoms with Crippen LogP contribution in [-0.4, -0.2) is 20.5 Å². The Morgan fingerprint density at radius 3 is 2.54 bits per heavy atom. The van der Waals surface area contributed by atoms with Gasteiger partial charge in [-0.2, -0.15) is 10.4 Å². The highest BCUT2D eigenvalue weighted by Crippen LogP contribution is 2.25. The molecule has 0 bridgehead atoms. The molecule has 132 valence electrons. The van der Waals surface area contributed by atoms with Crippen LogP contribution in [-0.2, 0) is 0 Å². The van der Waals surface area contributed by atoms with Gasteiger partial charge in [-0.1, -0.05) is 12.1 Å². The Morgan fingerprint density at radius 1 is 1.15 bits per heavy atom. The zero-order chi connectivity index (χ0) is 18.8. The summed E-state index contributed by atoms with van der Waals surface area (Å²) in [6, 6.07) is 9.59. The van der Waals surface area contributed by atoms with Gasteiger partial charge in [-0.05, 0) is 18.2 Å². The zero-order valence-corrected chi connectivity index (χ0v) is 12.8. The lowest BCUT2D eigenvalue weighted by Gasteiger charge is -2.06. The normalized spacial score (nSPS) is 11.1. The number of aromatic nitrogens is 3. The molecule has 0 fully saturated rings. The first-order chi connectivity index (χ1) is 12.4. The van der Waals surface area contributed by atoms with E-state index >= 15 is 0 Å². The molecule has 0 aliphatic rings. The molecule has 1 aromatic carbocycles. The van der Waals surface area contributed by atoms with Gasteiger partial charge in [0.05, 0.1) is 11.3 Å². The summed E-state index contributed by atoms with van der Waals surface area (Å²) in [6.45, 7) is 0. The Morgan fingerprint density at radius 2 is 1.88 bits per heavy atom. The van der Waals surface area contributed by atoms with Gasteiger partial charge in [0.2, 0.25) is 0 Å². The summed E-state index contributed by atoms with van der Waals surface area (Å²) in [6.07, 6.45) is -6.14. The average molecular weight is 363 g/mol. The fourth-order valence-electron chi connectivity index (χ4n) is 2.27. The fourth-order valence-corrected chi connectivity index (χ4v) is 2.27. The standard InChI is InChI=1S/C16H9F4N5O/c17-14(18)10-5-12(15(19)20)25-13(22-10)6-11(24-25)16(26)23-9-4-2-1-3-8(9)7-21/h1-6,14-15H,(H,23,26). The lowest BCUT2D eigenvalue weighted by atomic mass is 10.2. The monoisotopic (exact) mass is 363 g/mol. The summed E-state index contributed by atoms with van der Waals surface area (Å²) in [7, 11) is 0. The molecule has 0 atom stereocenters. The molecule has 26 heavy (non-hydrogen) atoms. The Bertz CT molecular complexity index is 1030. The van der Waals surface area contributed by atoms with Crippen molar-refractivity contribution in [2.24, 2.45) is 0 Å². The van der Waals surface area contributed by atoms with Crippen molar-refractivity contribution in [2.75, 3.05) is 5.32 Å². The molecule has 2 aromatic heterocycles. The number of nitriles is 1. The molecule has 0 unspecified atom stereocenters. The van der Waals surface area contributed by atoms with Crippen LogP contribution in [0.1, 0.15) is 40.3 Å². The molecule has 2 heterocycles. The van der Waals surface area contributed by atoms with E-state index in [1.54, 1.807) is 12.1 Å². The maximum absolute atomic E-state index is 13.1. The van der Waals surface area contributed by atoms with Crippen LogP contribution in [0.3, 0.4) is 0 Å². The summed E-state index contributed by atoms with van der Waals surface area (Å²) < 4.78 is 52.5. The molecule has 0 saturated carbocycles. The van der Waals surface area contributed by atoms with E-state index in [1.165, 1.54) is 12.1 Å². The SMILES string of the molecule is N#Cc1ccccc1NC(=O)c1cc2nc(C(F)F)cc(C(F)F)n2n1. The minimum absolute atomic E-state index is 0.191. The molecule has 3 aromatic rings. The first-order valence-corrected chi connectivity index (χ1v) is 7.18. The lowest BCUT2D eigenvalue weighted by Crippen LogP contribution is -2.14. The topological polar surface area (TPSA) is 83.1 Å². The highest BCUT2D eigenvalue weighted by molar-refractivity contribution is 6.04. The van der Waals surface area contributed by atoms with Gasteiger partial charge in [0, 0.05) is 6.07 Å². The number of hydrogen-bond donors (Lipinski definition) is 1. The van der Waals surface area contributed by atoms with Crippen molar-refractivity contribution in [1.82, 2.24) is 14.6 Å². The number of carbonyl (C=O) groups is 1. The van der Waals surface area contributed by atoms with Crippen LogP contribution < -0.4 is 5.32 Å². The minimum atomic E-state index is -3.09. The van der Waals surface area contributed by atoms with Gasteiger partial charge < -0.3 is 5.32 Å². The summed E-state index contributed by atoms with van der Waals surface area (Å²) in [5.41, 5.74) is -1.87. The third-order valence-electron chi connectivity index (χ3n) is 3.45. The maximum Gasteiger partial charge on any atom is 0.280 e. The lowest BCUT2D eigenvalue weighted by molar-refractivity contribution is 0.102. The van der Waals surface area contributed by atoms with Gasteiger partial charge in [0.1, 0.15) is 17.5 Å². The van der Waals surface area contributed by atoms with Crippen LogP contribution in [0.2, 0.25) is 0 Å². The second-order valence-electron chi connectivity index (χ2n) is 5.12. The van der Waals surface area contributed by atoms with Crippen LogP contribution in [0.15, 0.2) is 36.4 Å². The fraction of sp³-hybridized carbons (Fsp3) is 0.125. The molecular weight excluding hydrogens is 354 g/mol. The molecule has 0 spiro atoms. The molecule has 0 saturated heterocycles. The van der Waals surface area contributed by atoms with E-state index in [9.17, 15) is 22.4 Å². The zero-order valence-electron chi connectivity index (χ0n) is 12.8. The van der Waals surface area contributed by atoms with Crippen molar-refractivity contribution in [2.45, 2.75) is 12.9 Å². The number of fused-ring (bicyclic) bond motifs is 1. The molecule has 0 radical (unpaired) electrons. The second-order valence-corrected chi connectivity index (χ2v) is 5.12. The smallest absolute Gasteiger partial charge is 0.280 e. The molecule has 0 aliphatic heterocycles. The average Bonchev–Trinajstić information content (AvgIpc) is 3.05. The number of benzene rings is 1. The van der Waals surface area contributed by atoms with Crippen LogP contribution >= 0.6 is 0 Å². The van der Waals surface area contributed by atoms with Crippen LogP contribution in [0.4, 0.5) is 23.2 Å². The number of para-hydroxylation sites is 1. The van der Waals surface area contributed by atoms with Crippen molar-refractivity contribution in [3.63, 3.8) is 0 Å². The summed E-state index contributed by atoms with van der Waals surface area (Å²) >= 11 is 0. The Labute approximate surface area is 143 Å². The molecule has 3 rings (SSSR count). The van der Waals surface area contributed by atoms with Crippen molar-refractivity contribution in [3.05, 3.63) is 59.0 Å². The van der Waals surface area contributed by atoms with Crippen molar-refractivity contribution in [1.29, 1.82) is 5.26 Å². The van der Waals surface area contributed by atoms with E-state index in [4.69, 9.17) is 5.26 Å². The van der Waals surface area contributed by atoms with Gasteiger partial charge >= 0.3 is 0 Å². The quantitative estimate of drug-likeness (QED) is 0.716. The third kappa shape index (κ3) is 3.19. The van der Waals surface area contributed by atoms with E-state index in [0.29, 0.717) is 10.6 Å². The minimum Gasteiger partial charge on any atom is -0.319 e. The number of alkyl halides is 4. The number of nitrogens with one attached hydrogen (secondary N) is 1. The largest absolute Gasteiger partial charge is 0.319 e. The Kier molecular flexibility index (Phi) is 4.53. The first-order valence-electron chi connectivity index (χ1n) is 7.18.